The zero-order valence-electron chi connectivity index (χ0n) is 18.6. The predicted molar refractivity (Wildman–Crippen MR) is 129 cm³/mol. The number of ether oxygens (including phenoxy) is 2. The molecule has 0 saturated heterocycles. The number of carbonyl (C=O) groups is 1. The van der Waals surface area contributed by atoms with Gasteiger partial charge in [0.2, 0.25) is 5.91 Å². The van der Waals surface area contributed by atoms with Gasteiger partial charge < -0.3 is 14.8 Å². The number of nitrogens with zero attached hydrogens (tertiary/aromatic N) is 2. The minimum absolute atomic E-state index is 0.152. The van der Waals surface area contributed by atoms with E-state index >= 15 is 0 Å². The van der Waals surface area contributed by atoms with Gasteiger partial charge in [-0.05, 0) is 47.5 Å². The normalized spacial score (nSPS) is 10.5. The molecule has 1 heterocycles. The van der Waals surface area contributed by atoms with E-state index in [9.17, 15) is 4.79 Å². The molecule has 1 N–H and O–H groups in total. The van der Waals surface area contributed by atoms with Crippen molar-refractivity contribution in [3.63, 3.8) is 0 Å². The first kappa shape index (κ1) is 22.0. The number of anilines is 1. The standard InChI is InChI=1S/C27H25N3O3/c1-32-22-12-8-20(9-13-22)17-26(31)30-27-24(16-19-6-4-3-5-7-19)29-25(18-28-27)21-10-14-23(33-2)15-11-21/h3-15,18H,16-17H2,1-2H3,(H,28,30,31). The molecule has 0 saturated carbocycles. The lowest BCUT2D eigenvalue weighted by Crippen LogP contribution is -2.17. The number of amides is 1. The first-order valence-electron chi connectivity index (χ1n) is 10.6. The molecule has 4 aromatic rings. The summed E-state index contributed by atoms with van der Waals surface area (Å²) < 4.78 is 10.4. The Balaban J connectivity index is 1.58. The number of rotatable bonds is 8. The predicted octanol–water partition coefficient (Wildman–Crippen LogP) is 4.93. The molecule has 4 rings (SSSR count). The summed E-state index contributed by atoms with van der Waals surface area (Å²) in [5.74, 6) is 1.85. The van der Waals surface area contributed by atoms with Gasteiger partial charge in [0.1, 0.15) is 11.5 Å². The Hall–Kier alpha value is -4.19. The Kier molecular flexibility index (Phi) is 6.95. The van der Waals surface area contributed by atoms with E-state index in [4.69, 9.17) is 14.5 Å². The van der Waals surface area contributed by atoms with E-state index in [-0.39, 0.29) is 12.3 Å². The quantitative estimate of drug-likeness (QED) is 0.421. The van der Waals surface area contributed by atoms with Gasteiger partial charge in [0.15, 0.2) is 5.82 Å². The second-order valence-electron chi connectivity index (χ2n) is 7.51. The minimum Gasteiger partial charge on any atom is -0.497 e. The summed E-state index contributed by atoms with van der Waals surface area (Å²) in [7, 11) is 3.25. The Bertz CT molecular complexity index is 1210. The highest BCUT2D eigenvalue weighted by molar-refractivity contribution is 5.92. The molecule has 6 heteroatoms. The molecule has 0 atom stereocenters. The van der Waals surface area contributed by atoms with Crippen molar-refractivity contribution in [3.8, 4) is 22.8 Å². The lowest BCUT2D eigenvalue weighted by molar-refractivity contribution is -0.115. The largest absolute Gasteiger partial charge is 0.497 e. The Morgan fingerprint density at radius 1 is 0.818 bits per heavy atom. The van der Waals surface area contributed by atoms with E-state index in [1.165, 1.54) is 0 Å². The summed E-state index contributed by atoms with van der Waals surface area (Å²) >= 11 is 0. The highest BCUT2D eigenvalue weighted by atomic mass is 16.5. The molecule has 1 aromatic heterocycles. The summed E-state index contributed by atoms with van der Waals surface area (Å²) in [6.45, 7) is 0. The van der Waals surface area contributed by atoms with Crippen LogP contribution in [0.5, 0.6) is 11.5 Å². The maximum Gasteiger partial charge on any atom is 0.229 e. The number of aromatic nitrogens is 2. The molecule has 33 heavy (non-hydrogen) atoms. The maximum absolute atomic E-state index is 12.7. The fraction of sp³-hybridized carbons (Fsp3) is 0.148. The fourth-order valence-electron chi connectivity index (χ4n) is 3.45. The molecule has 0 aliphatic carbocycles. The molecule has 166 valence electrons. The van der Waals surface area contributed by atoms with Crippen molar-refractivity contribution < 1.29 is 14.3 Å². The topological polar surface area (TPSA) is 73.3 Å². The lowest BCUT2D eigenvalue weighted by atomic mass is 10.1. The van der Waals surface area contributed by atoms with Gasteiger partial charge in [-0.1, -0.05) is 42.5 Å². The molecule has 1 amide bonds. The molecular formula is C27H25N3O3. The van der Waals surface area contributed by atoms with Crippen LogP contribution in [0.25, 0.3) is 11.3 Å². The van der Waals surface area contributed by atoms with Gasteiger partial charge in [-0.2, -0.15) is 0 Å². The highest BCUT2D eigenvalue weighted by Crippen LogP contribution is 2.24. The lowest BCUT2D eigenvalue weighted by Gasteiger charge is -2.12. The monoisotopic (exact) mass is 439 g/mol. The van der Waals surface area contributed by atoms with Crippen LogP contribution in [0.15, 0.2) is 85.1 Å². The molecule has 0 spiro atoms. The third-order valence-corrected chi connectivity index (χ3v) is 5.23. The van der Waals surface area contributed by atoms with Gasteiger partial charge in [0, 0.05) is 12.0 Å². The smallest absolute Gasteiger partial charge is 0.229 e. The molecule has 0 aliphatic heterocycles. The summed E-state index contributed by atoms with van der Waals surface area (Å²) in [5, 5.41) is 2.94. The van der Waals surface area contributed by atoms with Crippen LogP contribution in [-0.4, -0.2) is 30.1 Å². The molecule has 3 aromatic carbocycles. The third kappa shape index (κ3) is 5.74. The van der Waals surface area contributed by atoms with Crippen LogP contribution in [0, 0.1) is 0 Å². The molecule has 6 nitrogen and oxygen atoms in total. The molecular weight excluding hydrogens is 414 g/mol. The van der Waals surface area contributed by atoms with Gasteiger partial charge >= 0.3 is 0 Å². The van der Waals surface area contributed by atoms with Gasteiger partial charge in [0.05, 0.1) is 38.2 Å². The fourth-order valence-corrected chi connectivity index (χ4v) is 3.45. The number of nitrogens with one attached hydrogen (secondary N) is 1. The van der Waals surface area contributed by atoms with Gasteiger partial charge in [-0.15, -0.1) is 0 Å². The molecule has 0 aliphatic rings. The van der Waals surface area contributed by atoms with E-state index in [2.05, 4.69) is 10.3 Å². The number of hydrogen-bond donors (Lipinski definition) is 1. The van der Waals surface area contributed by atoms with Gasteiger partial charge in [-0.3, -0.25) is 4.79 Å². The van der Waals surface area contributed by atoms with Crippen molar-refractivity contribution in [2.75, 3.05) is 19.5 Å². The summed E-state index contributed by atoms with van der Waals surface area (Å²) in [4.78, 5) is 22.1. The van der Waals surface area contributed by atoms with E-state index in [1.807, 2.05) is 78.9 Å². The van der Waals surface area contributed by atoms with Crippen molar-refractivity contribution in [3.05, 3.63) is 102 Å². The second-order valence-corrected chi connectivity index (χ2v) is 7.51. The van der Waals surface area contributed by atoms with Crippen molar-refractivity contribution in [1.82, 2.24) is 9.97 Å². The third-order valence-electron chi connectivity index (χ3n) is 5.23. The Morgan fingerprint density at radius 3 is 2.09 bits per heavy atom. The van der Waals surface area contributed by atoms with Crippen LogP contribution in [-0.2, 0) is 17.6 Å². The van der Waals surface area contributed by atoms with E-state index < -0.39 is 0 Å². The van der Waals surface area contributed by atoms with Crippen LogP contribution in [0.3, 0.4) is 0 Å². The first-order valence-corrected chi connectivity index (χ1v) is 10.6. The zero-order valence-corrected chi connectivity index (χ0v) is 18.6. The van der Waals surface area contributed by atoms with Crippen molar-refractivity contribution in [1.29, 1.82) is 0 Å². The number of benzene rings is 3. The van der Waals surface area contributed by atoms with Crippen LogP contribution in [0.2, 0.25) is 0 Å². The van der Waals surface area contributed by atoms with Crippen LogP contribution >= 0.6 is 0 Å². The van der Waals surface area contributed by atoms with Crippen molar-refractivity contribution >= 4 is 11.7 Å². The van der Waals surface area contributed by atoms with E-state index in [0.29, 0.717) is 17.9 Å². The Labute approximate surface area is 193 Å². The number of hydrogen-bond acceptors (Lipinski definition) is 5. The average Bonchev–Trinajstić information content (AvgIpc) is 2.86. The van der Waals surface area contributed by atoms with Crippen LogP contribution in [0.4, 0.5) is 5.82 Å². The van der Waals surface area contributed by atoms with Gasteiger partial charge in [-0.25, -0.2) is 9.97 Å². The molecule has 0 unspecified atom stereocenters. The highest BCUT2D eigenvalue weighted by Gasteiger charge is 2.14. The first-order chi connectivity index (χ1) is 16.1. The van der Waals surface area contributed by atoms with Gasteiger partial charge in [0.25, 0.3) is 0 Å². The van der Waals surface area contributed by atoms with Crippen LogP contribution in [0.1, 0.15) is 16.8 Å². The van der Waals surface area contributed by atoms with E-state index in [0.717, 1.165) is 33.9 Å². The Morgan fingerprint density at radius 2 is 1.45 bits per heavy atom. The van der Waals surface area contributed by atoms with Crippen molar-refractivity contribution in [2.45, 2.75) is 12.8 Å². The molecule has 0 radical (unpaired) electrons. The summed E-state index contributed by atoms with van der Waals surface area (Å²) in [6.07, 6.45) is 2.46. The summed E-state index contributed by atoms with van der Waals surface area (Å²) in [5.41, 5.74) is 4.34. The van der Waals surface area contributed by atoms with Crippen LogP contribution < -0.4 is 14.8 Å². The maximum atomic E-state index is 12.7. The minimum atomic E-state index is -0.152. The van der Waals surface area contributed by atoms with E-state index in [1.54, 1.807) is 20.4 Å². The molecule has 0 fully saturated rings. The summed E-state index contributed by atoms with van der Waals surface area (Å²) in [6, 6.07) is 25.1. The number of carbonyl (C=O) groups excluding carboxylic acids is 1. The average molecular weight is 440 g/mol. The number of methoxy groups -OCH3 is 2. The zero-order chi connectivity index (χ0) is 23.0. The molecule has 0 bridgehead atoms. The SMILES string of the molecule is COc1ccc(CC(=O)Nc2ncc(-c3ccc(OC)cc3)nc2Cc2ccccc2)cc1. The van der Waals surface area contributed by atoms with Crippen molar-refractivity contribution in [2.24, 2.45) is 0 Å². The second kappa shape index (κ2) is 10.4.